The van der Waals surface area contributed by atoms with Crippen molar-refractivity contribution in [2.75, 3.05) is 25.0 Å². The van der Waals surface area contributed by atoms with Crippen molar-refractivity contribution in [3.05, 3.63) is 87.6 Å². The molecule has 1 fully saturated rings. The largest absolute Gasteiger partial charge is 0.376 e. The van der Waals surface area contributed by atoms with E-state index in [0.717, 1.165) is 41.0 Å². The Bertz CT molecular complexity index is 1140. The summed E-state index contributed by atoms with van der Waals surface area (Å²) in [5, 5.41) is 5.10. The van der Waals surface area contributed by atoms with Gasteiger partial charge in [0.05, 0.1) is 12.6 Å². The van der Waals surface area contributed by atoms with E-state index in [2.05, 4.69) is 30.6 Å². The average Bonchev–Trinajstić information content (AvgIpc) is 3.55. The van der Waals surface area contributed by atoms with Gasteiger partial charge >= 0.3 is 6.03 Å². The highest BCUT2D eigenvalue weighted by Gasteiger charge is 2.27. The van der Waals surface area contributed by atoms with Gasteiger partial charge < -0.3 is 19.9 Å². The molecule has 7 heteroatoms. The molecule has 1 aromatic heterocycles. The van der Waals surface area contributed by atoms with Crippen molar-refractivity contribution in [3.8, 4) is 0 Å². The van der Waals surface area contributed by atoms with Crippen molar-refractivity contribution >= 4 is 29.0 Å². The summed E-state index contributed by atoms with van der Waals surface area (Å²) in [6.45, 7) is 6.23. The van der Waals surface area contributed by atoms with Gasteiger partial charge in [-0.25, -0.2) is 4.79 Å². The Morgan fingerprint density at radius 2 is 1.81 bits per heavy atom. The summed E-state index contributed by atoms with van der Waals surface area (Å²) in [6.07, 6.45) is 2.63. The fraction of sp³-hybridized carbons (Fsp3) is 0.379. The van der Waals surface area contributed by atoms with E-state index in [0.29, 0.717) is 26.2 Å². The quantitative estimate of drug-likeness (QED) is 0.375. The Balaban J connectivity index is 1.53. The fourth-order valence-electron chi connectivity index (χ4n) is 4.44. The summed E-state index contributed by atoms with van der Waals surface area (Å²) in [7, 11) is 0. The lowest BCUT2D eigenvalue weighted by Crippen LogP contribution is -2.47. The number of nitrogens with zero attached hydrogens (tertiary/aromatic N) is 2. The molecule has 1 unspecified atom stereocenters. The predicted octanol–water partition coefficient (Wildman–Crippen LogP) is 5.86. The number of nitrogens with one attached hydrogen (secondary N) is 1. The van der Waals surface area contributed by atoms with Crippen LogP contribution in [0.15, 0.2) is 66.0 Å². The molecule has 1 aliphatic rings. The van der Waals surface area contributed by atoms with E-state index in [1.807, 2.05) is 59.5 Å². The standard InChI is InChI=1S/C29H35N3O3S/c1-3-24-12-7-8-14-26(24)30-29(34)32(19-25-13-9-16-35-25)21-28(33)31(18-23-10-5-4-6-11-23)20-27-22(2)15-17-36-27/h4-8,10-12,14-15,17,25H,3,9,13,16,18-21H2,1-2H3,(H,30,34). The van der Waals surface area contributed by atoms with Crippen LogP contribution in [0.3, 0.4) is 0 Å². The number of rotatable bonds is 10. The number of hydrogen-bond acceptors (Lipinski definition) is 4. The van der Waals surface area contributed by atoms with E-state index >= 15 is 0 Å². The summed E-state index contributed by atoms with van der Waals surface area (Å²) < 4.78 is 5.82. The molecular formula is C29H35N3O3S. The van der Waals surface area contributed by atoms with Gasteiger partial charge in [-0.15, -0.1) is 11.3 Å². The first-order valence-corrected chi connectivity index (χ1v) is 13.5. The minimum atomic E-state index is -0.272. The molecule has 0 aliphatic carbocycles. The number of benzene rings is 2. The van der Waals surface area contributed by atoms with Crippen molar-refractivity contribution in [1.82, 2.24) is 9.80 Å². The highest BCUT2D eigenvalue weighted by Crippen LogP contribution is 2.21. The number of aryl methyl sites for hydroxylation is 2. The minimum Gasteiger partial charge on any atom is -0.376 e. The van der Waals surface area contributed by atoms with E-state index in [4.69, 9.17) is 4.74 Å². The molecular weight excluding hydrogens is 470 g/mol. The molecule has 1 aliphatic heterocycles. The summed E-state index contributed by atoms with van der Waals surface area (Å²) in [6, 6.07) is 19.6. The molecule has 1 saturated heterocycles. The van der Waals surface area contributed by atoms with E-state index in [-0.39, 0.29) is 24.6 Å². The molecule has 0 bridgehead atoms. The molecule has 1 atom stereocenters. The van der Waals surface area contributed by atoms with Crippen LogP contribution in [-0.4, -0.2) is 47.5 Å². The van der Waals surface area contributed by atoms with Crippen LogP contribution < -0.4 is 5.32 Å². The summed E-state index contributed by atoms with van der Waals surface area (Å²) in [5.41, 5.74) is 4.08. The number of para-hydroxylation sites is 1. The van der Waals surface area contributed by atoms with Gasteiger partial charge in [0.2, 0.25) is 5.91 Å². The summed E-state index contributed by atoms with van der Waals surface area (Å²) in [4.78, 5) is 31.8. The fourth-order valence-corrected chi connectivity index (χ4v) is 5.36. The first-order chi connectivity index (χ1) is 17.5. The lowest BCUT2D eigenvalue weighted by molar-refractivity contribution is -0.133. The second kappa shape index (κ2) is 12.7. The lowest BCUT2D eigenvalue weighted by atomic mass is 10.1. The molecule has 4 rings (SSSR count). The maximum Gasteiger partial charge on any atom is 0.322 e. The Morgan fingerprint density at radius 3 is 2.50 bits per heavy atom. The minimum absolute atomic E-state index is 0.00274. The smallest absolute Gasteiger partial charge is 0.322 e. The number of amides is 3. The highest BCUT2D eigenvalue weighted by atomic mass is 32.1. The number of ether oxygens (including phenoxy) is 1. The molecule has 1 N–H and O–H groups in total. The second-order valence-electron chi connectivity index (χ2n) is 9.22. The maximum absolute atomic E-state index is 13.7. The van der Waals surface area contributed by atoms with E-state index in [9.17, 15) is 9.59 Å². The number of thiophene rings is 1. The average molecular weight is 506 g/mol. The zero-order valence-electron chi connectivity index (χ0n) is 21.1. The summed E-state index contributed by atoms with van der Waals surface area (Å²) >= 11 is 1.66. The highest BCUT2D eigenvalue weighted by molar-refractivity contribution is 7.10. The van der Waals surface area contributed by atoms with Crippen LogP contribution in [0.2, 0.25) is 0 Å². The molecule has 0 saturated carbocycles. The van der Waals surface area contributed by atoms with E-state index in [1.165, 1.54) is 5.56 Å². The number of carbonyl (C=O) groups is 2. The number of hydrogen-bond donors (Lipinski definition) is 1. The molecule has 6 nitrogen and oxygen atoms in total. The maximum atomic E-state index is 13.7. The van der Waals surface area contributed by atoms with Crippen LogP contribution in [-0.2, 0) is 29.0 Å². The SMILES string of the molecule is CCc1ccccc1NC(=O)N(CC(=O)N(Cc1ccccc1)Cc1sccc1C)CC1CCCO1. The van der Waals surface area contributed by atoms with Crippen LogP contribution in [0, 0.1) is 6.92 Å². The van der Waals surface area contributed by atoms with E-state index in [1.54, 1.807) is 16.2 Å². The molecule has 0 radical (unpaired) electrons. The zero-order chi connectivity index (χ0) is 25.3. The van der Waals surface area contributed by atoms with Crippen molar-refractivity contribution in [2.24, 2.45) is 0 Å². The number of anilines is 1. The van der Waals surface area contributed by atoms with E-state index < -0.39 is 0 Å². The van der Waals surface area contributed by atoms with Gasteiger partial charge in [0.1, 0.15) is 6.54 Å². The zero-order valence-corrected chi connectivity index (χ0v) is 21.9. The third kappa shape index (κ3) is 6.95. The van der Waals surface area contributed by atoms with Gasteiger partial charge in [0.25, 0.3) is 0 Å². The predicted molar refractivity (Wildman–Crippen MR) is 145 cm³/mol. The van der Waals surface area contributed by atoms with Gasteiger partial charge in [-0.2, -0.15) is 0 Å². The molecule has 2 aromatic carbocycles. The van der Waals surface area contributed by atoms with Crippen LogP contribution >= 0.6 is 11.3 Å². The summed E-state index contributed by atoms with van der Waals surface area (Å²) in [5.74, 6) is -0.0800. The lowest BCUT2D eigenvalue weighted by Gasteiger charge is -2.29. The third-order valence-electron chi connectivity index (χ3n) is 6.57. The van der Waals surface area contributed by atoms with Gasteiger partial charge in [0, 0.05) is 30.3 Å². The Hall–Kier alpha value is -3.16. The normalized spacial score (nSPS) is 15.0. The second-order valence-corrected chi connectivity index (χ2v) is 10.2. The topological polar surface area (TPSA) is 61.9 Å². The Morgan fingerprint density at radius 1 is 1.03 bits per heavy atom. The number of carbonyl (C=O) groups excluding carboxylic acids is 2. The molecule has 3 amide bonds. The molecule has 190 valence electrons. The molecule has 3 aromatic rings. The van der Waals surface area contributed by atoms with Crippen molar-refractivity contribution in [2.45, 2.75) is 52.3 Å². The van der Waals surface area contributed by atoms with Crippen LogP contribution in [0.5, 0.6) is 0 Å². The first-order valence-electron chi connectivity index (χ1n) is 12.6. The van der Waals surface area contributed by atoms with Gasteiger partial charge in [0.15, 0.2) is 0 Å². The first kappa shape index (κ1) is 25.9. The van der Waals surface area contributed by atoms with Gasteiger partial charge in [-0.3, -0.25) is 4.79 Å². The van der Waals surface area contributed by atoms with Crippen LogP contribution in [0.25, 0.3) is 0 Å². The monoisotopic (exact) mass is 505 g/mol. The van der Waals surface area contributed by atoms with Crippen molar-refractivity contribution in [1.29, 1.82) is 0 Å². The molecule has 2 heterocycles. The van der Waals surface area contributed by atoms with Gasteiger partial charge in [-0.05, 0) is 60.4 Å². The van der Waals surface area contributed by atoms with Crippen molar-refractivity contribution in [3.63, 3.8) is 0 Å². The Labute approximate surface area is 217 Å². The third-order valence-corrected chi connectivity index (χ3v) is 7.58. The van der Waals surface area contributed by atoms with Gasteiger partial charge in [-0.1, -0.05) is 55.5 Å². The van der Waals surface area contributed by atoms with Crippen molar-refractivity contribution < 1.29 is 14.3 Å². The molecule has 0 spiro atoms. The Kier molecular flexibility index (Phi) is 9.14. The number of urea groups is 1. The van der Waals surface area contributed by atoms with Crippen LogP contribution in [0.4, 0.5) is 10.5 Å². The van der Waals surface area contributed by atoms with Crippen LogP contribution in [0.1, 0.15) is 41.3 Å². The molecule has 36 heavy (non-hydrogen) atoms.